The number of rotatable bonds is 7. The fourth-order valence-electron chi connectivity index (χ4n) is 1.02. The average molecular weight is 217 g/mol. The molecule has 0 aliphatic rings. The van der Waals surface area contributed by atoms with Crippen LogP contribution in [0, 0.1) is 0 Å². The number of esters is 1. The first-order valence-electron chi connectivity index (χ1n) is 5.16. The zero-order valence-electron chi connectivity index (χ0n) is 9.38. The normalized spacial score (nSPS) is 9.73. The number of unbranched alkanes of at least 4 members (excludes halogenated alkanes) is 2. The van der Waals surface area contributed by atoms with Crippen molar-refractivity contribution in [1.82, 2.24) is 5.32 Å². The van der Waals surface area contributed by atoms with Crippen LogP contribution in [0.15, 0.2) is 0 Å². The third kappa shape index (κ3) is 7.93. The highest BCUT2D eigenvalue weighted by Gasteiger charge is 2.12. The van der Waals surface area contributed by atoms with E-state index in [0.29, 0.717) is 6.54 Å². The zero-order chi connectivity index (χ0) is 11.5. The summed E-state index contributed by atoms with van der Waals surface area (Å²) in [4.78, 5) is 21.9. The summed E-state index contributed by atoms with van der Waals surface area (Å²) in [7, 11) is 1.66. The van der Waals surface area contributed by atoms with Gasteiger partial charge in [0.15, 0.2) is 0 Å². The number of carbonyl (C=O) groups is 2. The maximum atomic E-state index is 11.0. The minimum Gasteiger partial charge on any atom is -0.459 e. The van der Waals surface area contributed by atoms with Gasteiger partial charge in [0.1, 0.15) is 0 Å². The topological polar surface area (TPSA) is 64.6 Å². The molecule has 0 aromatic rings. The van der Waals surface area contributed by atoms with Crippen molar-refractivity contribution in [2.75, 3.05) is 26.9 Å². The number of methoxy groups -OCH3 is 1. The SMILES string of the molecule is CCOC(=O)C(=O)NCCCCCOC. The molecule has 0 fully saturated rings. The standard InChI is InChI=1S/C10H19NO4/c1-3-15-10(13)9(12)11-7-5-4-6-8-14-2/h3-8H2,1-2H3,(H,11,12). The molecule has 1 N–H and O–H groups in total. The van der Waals surface area contributed by atoms with Gasteiger partial charge in [0.05, 0.1) is 6.61 Å². The lowest BCUT2D eigenvalue weighted by atomic mass is 10.2. The third-order valence-electron chi connectivity index (χ3n) is 1.77. The lowest BCUT2D eigenvalue weighted by Crippen LogP contribution is -2.33. The van der Waals surface area contributed by atoms with Gasteiger partial charge in [-0.2, -0.15) is 0 Å². The molecule has 0 saturated carbocycles. The lowest BCUT2D eigenvalue weighted by Gasteiger charge is -2.04. The summed E-state index contributed by atoms with van der Waals surface area (Å²) in [5, 5.41) is 2.49. The van der Waals surface area contributed by atoms with Crippen molar-refractivity contribution in [3.05, 3.63) is 0 Å². The molecule has 0 atom stereocenters. The van der Waals surface area contributed by atoms with E-state index in [-0.39, 0.29) is 6.61 Å². The van der Waals surface area contributed by atoms with E-state index in [1.807, 2.05) is 0 Å². The Balaban J connectivity index is 3.35. The van der Waals surface area contributed by atoms with Gasteiger partial charge in [-0.1, -0.05) is 0 Å². The highest BCUT2D eigenvalue weighted by atomic mass is 16.5. The summed E-state index contributed by atoms with van der Waals surface area (Å²) in [5.74, 6) is -1.47. The Bertz CT molecular complexity index is 194. The fourth-order valence-corrected chi connectivity index (χ4v) is 1.02. The highest BCUT2D eigenvalue weighted by Crippen LogP contribution is 1.93. The van der Waals surface area contributed by atoms with Crippen molar-refractivity contribution in [3.8, 4) is 0 Å². The molecule has 0 spiro atoms. The van der Waals surface area contributed by atoms with Crippen LogP contribution in [-0.2, 0) is 19.1 Å². The molecule has 0 aliphatic carbocycles. The Hall–Kier alpha value is -1.10. The van der Waals surface area contributed by atoms with Gasteiger partial charge in [-0.25, -0.2) is 4.79 Å². The molecule has 0 saturated heterocycles. The molecule has 5 nitrogen and oxygen atoms in total. The first kappa shape index (κ1) is 13.9. The van der Waals surface area contributed by atoms with Crippen LogP contribution in [0.5, 0.6) is 0 Å². The quantitative estimate of drug-likeness (QED) is 0.383. The van der Waals surface area contributed by atoms with Crippen molar-refractivity contribution in [2.24, 2.45) is 0 Å². The van der Waals surface area contributed by atoms with E-state index in [4.69, 9.17) is 4.74 Å². The molecule has 0 aromatic heterocycles. The highest BCUT2D eigenvalue weighted by molar-refractivity contribution is 6.32. The second kappa shape index (κ2) is 9.45. The van der Waals surface area contributed by atoms with Gasteiger partial charge >= 0.3 is 11.9 Å². The number of carbonyl (C=O) groups excluding carboxylic acids is 2. The van der Waals surface area contributed by atoms with Gasteiger partial charge in [-0.05, 0) is 26.2 Å². The molecular weight excluding hydrogens is 198 g/mol. The largest absolute Gasteiger partial charge is 0.459 e. The molecule has 0 unspecified atom stereocenters. The Morgan fingerprint density at radius 1 is 1.20 bits per heavy atom. The molecule has 0 bridgehead atoms. The first-order chi connectivity index (χ1) is 7.22. The van der Waals surface area contributed by atoms with Crippen molar-refractivity contribution in [2.45, 2.75) is 26.2 Å². The van der Waals surface area contributed by atoms with Crippen LogP contribution in [0.3, 0.4) is 0 Å². The smallest absolute Gasteiger partial charge is 0.396 e. The molecule has 1 amide bonds. The minimum atomic E-state index is -0.811. The second-order valence-electron chi connectivity index (χ2n) is 3.03. The molecule has 0 heterocycles. The van der Waals surface area contributed by atoms with Gasteiger partial charge in [0.2, 0.25) is 0 Å². The second-order valence-corrected chi connectivity index (χ2v) is 3.03. The van der Waals surface area contributed by atoms with Gasteiger partial charge in [-0.3, -0.25) is 4.79 Å². The van der Waals surface area contributed by atoms with Crippen molar-refractivity contribution in [1.29, 1.82) is 0 Å². The molecule has 88 valence electrons. The molecule has 0 aliphatic heterocycles. The maximum absolute atomic E-state index is 11.0. The summed E-state index contributed by atoms with van der Waals surface area (Å²) >= 11 is 0. The Labute approximate surface area is 90.1 Å². The Morgan fingerprint density at radius 3 is 2.53 bits per heavy atom. The monoisotopic (exact) mass is 217 g/mol. The van der Waals surface area contributed by atoms with E-state index in [1.54, 1.807) is 14.0 Å². The van der Waals surface area contributed by atoms with Gasteiger partial charge < -0.3 is 14.8 Å². The predicted molar refractivity (Wildman–Crippen MR) is 55.4 cm³/mol. The molecule has 0 aromatic carbocycles. The number of hydrogen-bond donors (Lipinski definition) is 1. The number of ether oxygens (including phenoxy) is 2. The van der Waals surface area contributed by atoms with E-state index >= 15 is 0 Å². The maximum Gasteiger partial charge on any atom is 0.396 e. The third-order valence-corrected chi connectivity index (χ3v) is 1.77. The summed E-state index contributed by atoms with van der Waals surface area (Å²) < 4.78 is 9.41. The summed E-state index contributed by atoms with van der Waals surface area (Å²) in [6, 6.07) is 0. The van der Waals surface area contributed by atoms with Crippen LogP contribution in [0.25, 0.3) is 0 Å². The Morgan fingerprint density at radius 2 is 1.93 bits per heavy atom. The van der Waals surface area contributed by atoms with Crippen LogP contribution in [-0.4, -0.2) is 38.7 Å². The molecular formula is C10H19NO4. The van der Waals surface area contributed by atoms with Gasteiger partial charge in [0, 0.05) is 20.3 Å². The number of hydrogen-bond acceptors (Lipinski definition) is 4. The van der Waals surface area contributed by atoms with Crippen molar-refractivity contribution < 1.29 is 19.1 Å². The molecule has 0 rings (SSSR count). The predicted octanol–water partition coefficient (Wildman–Crippen LogP) is 0.482. The molecule has 0 radical (unpaired) electrons. The summed E-state index contributed by atoms with van der Waals surface area (Å²) in [5.41, 5.74) is 0. The molecule has 5 heteroatoms. The summed E-state index contributed by atoms with van der Waals surface area (Å²) in [6.07, 6.45) is 2.78. The fraction of sp³-hybridized carbons (Fsp3) is 0.800. The van der Waals surface area contributed by atoms with Gasteiger partial charge in [0.25, 0.3) is 0 Å². The van der Waals surface area contributed by atoms with E-state index in [9.17, 15) is 9.59 Å². The van der Waals surface area contributed by atoms with Crippen LogP contribution in [0.2, 0.25) is 0 Å². The van der Waals surface area contributed by atoms with Crippen molar-refractivity contribution in [3.63, 3.8) is 0 Å². The van der Waals surface area contributed by atoms with Crippen LogP contribution >= 0.6 is 0 Å². The van der Waals surface area contributed by atoms with Crippen LogP contribution in [0.1, 0.15) is 26.2 Å². The lowest BCUT2D eigenvalue weighted by molar-refractivity contribution is -0.154. The van der Waals surface area contributed by atoms with Crippen molar-refractivity contribution >= 4 is 11.9 Å². The van der Waals surface area contributed by atoms with E-state index in [0.717, 1.165) is 25.9 Å². The number of nitrogens with one attached hydrogen (secondary N) is 1. The Kier molecular flexibility index (Phi) is 8.76. The van der Waals surface area contributed by atoms with E-state index in [2.05, 4.69) is 10.1 Å². The van der Waals surface area contributed by atoms with Gasteiger partial charge in [-0.15, -0.1) is 0 Å². The van der Waals surface area contributed by atoms with Crippen LogP contribution < -0.4 is 5.32 Å². The number of amides is 1. The zero-order valence-corrected chi connectivity index (χ0v) is 9.38. The summed E-state index contributed by atoms with van der Waals surface area (Å²) in [6.45, 7) is 3.11. The van der Waals surface area contributed by atoms with E-state index in [1.165, 1.54) is 0 Å². The minimum absolute atomic E-state index is 0.222. The first-order valence-corrected chi connectivity index (χ1v) is 5.16. The average Bonchev–Trinajstić information content (AvgIpc) is 2.23. The van der Waals surface area contributed by atoms with E-state index < -0.39 is 11.9 Å². The molecule has 15 heavy (non-hydrogen) atoms. The van der Waals surface area contributed by atoms with Crippen LogP contribution in [0.4, 0.5) is 0 Å².